The number of pyridine rings is 5. The standard InChI is InChI=1S/C43H27N5/c1-2-11-28(12-3-1)41-33-13-4-5-16-38(33)47-43-34(41)21-19-29-20-22-40(48-42(29)43)39-18-10-17-37(46-39)32-26-30(35-14-6-8-23-44-35)25-31(27-32)36-15-7-9-24-45-36/h1-27H. The van der Waals surface area contributed by atoms with Crippen LogP contribution < -0.4 is 0 Å². The quantitative estimate of drug-likeness (QED) is 0.143. The van der Waals surface area contributed by atoms with Gasteiger partial charge in [0.2, 0.25) is 0 Å². The van der Waals surface area contributed by atoms with Gasteiger partial charge in [0, 0.05) is 50.8 Å². The highest BCUT2D eigenvalue weighted by atomic mass is 14.8. The summed E-state index contributed by atoms with van der Waals surface area (Å²) in [7, 11) is 0. The highest BCUT2D eigenvalue weighted by Gasteiger charge is 2.16. The van der Waals surface area contributed by atoms with Crippen LogP contribution in [0.25, 0.3) is 89.0 Å². The summed E-state index contributed by atoms with van der Waals surface area (Å²) >= 11 is 0. The smallest absolute Gasteiger partial charge is 0.0978 e. The third-order valence-electron chi connectivity index (χ3n) is 8.73. The number of hydrogen-bond acceptors (Lipinski definition) is 5. The van der Waals surface area contributed by atoms with Crippen LogP contribution in [0.2, 0.25) is 0 Å². The van der Waals surface area contributed by atoms with Gasteiger partial charge in [0.15, 0.2) is 0 Å². The van der Waals surface area contributed by atoms with Gasteiger partial charge in [-0.25, -0.2) is 15.0 Å². The summed E-state index contributed by atoms with van der Waals surface area (Å²) < 4.78 is 0. The first kappa shape index (κ1) is 27.7. The summed E-state index contributed by atoms with van der Waals surface area (Å²) in [5.74, 6) is 0. The molecule has 48 heavy (non-hydrogen) atoms. The Kier molecular flexibility index (Phi) is 6.72. The van der Waals surface area contributed by atoms with E-state index in [0.717, 1.165) is 83.4 Å². The minimum atomic E-state index is 0.790. The molecular formula is C43H27N5. The summed E-state index contributed by atoms with van der Waals surface area (Å²) in [4.78, 5) is 24.8. The molecule has 9 aromatic rings. The third kappa shape index (κ3) is 4.95. The van der Waals surface area contributed by atoms with E-state index >= 15 is 0 Å². The van der Waals surface area contributed by atoms with E-state index in [4.69, 9.17) is 15.0 Å². The van der Waals surface area contributed by atoms with Gasteiger partial charge in [0.1, 0.15) is 0 Å². The molecule has 0 radical (unpaired) electrons. The summed E-state index contributed by atoms with van der Waals surface area (Å²) in [6.07, 6.45) is 3.63. The summed E-state index contributed by atoms with van der Waals surface area (Å²) in [5.41, 5.74) is 12.2. The largest absolute Gasteiger partial charge is 0.256 e. The average molecular weight is 614 g/mol. The van der Waals surface area contributed by atoms with E-state index in [1.807, 2.05) is 85.2 Å². The van der Waals surface area contributed by atoms with Gasteiger partial charge >= 0.3 is 0 Å². The molecule has 5 aromatic heterocycles. The van der Waals surface area contributed by atoms with E-state index < -0.39 is 0 Å². The Morgan fingerprint density at radius 3 is 1.67 bits per heavy atom. The Morgan fingerprint density at radius 2 is 0.938 bits per heavy atom. The Morgan fingerprint density at radius 1 is 0.333 bits per heavy atom. The fourth-order valence-corrected chi connectivity index (χ4v) is 6.47. The van der Waals surface area contributed by atoms with Gasteiger partial charge in [-0.2, -0.15) is 0 Å². The van der Waals surface area contributed by atoms with Crippen LogP contribution in [0.4, 0.5) is 0 Å². The number of aromatic nitrogens is 5. The van der Waals surface area contributed by atoms with E-state index in [9.17, 15) is 0 Å². The van der Waals surface area contributed by atoms with E-state index in [1.165, 1.54) is 5.56 Å². The van der Waals surface area contributed by atoms with Gasteiger partial charge in [0.05, 0.1) is 45.0 Å². The SMILES string of the molecule is c1ccc(-c2c3ccccc3nc3c2ccc2ccc(-c4cccc(-c5cc(-c6ccccn6)cc(-c6ccccn6)c5)n4)nc23)cc1. The second-order valence-corrected chi connectivity index (χ2v) is 11.7. The molecule has 5 nitrogen and oxygen atoms in total. The number of hydrogen-bond donors (Lipinski definition) is 0. The molecule has 0 bridgehead atoms. The predicted octanol–water partition coefficient (Wildman–Crippen LogP) is 10.5. The van der Waals surface area contributed by atoms with Gasteiger partial charge in [-0.1, -0.05) is 84.9 Å². The van der Waals surface area contributed by atoms with Gasteiger partial charge in [-0.05, 0) is 72.3 Å². The zero-order valence-corrected chi connectivity index (χ0v) is 25.8. The molecule has 0 atom stereocenters. The van der Waals surface area contributed by atoms with Crippen molar-refractivity contribution < 1.29 is 0 Å². The molecule has 0 N–H and O–H groups in total. The molecule has 0 aliphatic carbocycles. The number of nitrogens with zero attached hydrogens (tertiary/aromatic N) is 5. The van der Waals surface area contributed by atoms with Crippen molar-refractivity contribution in [2.75, 3.05) is 0 Å². The summed E-state index contributed by atoms with van der Waals surface area (Å²) in [5, 5.41) is 3.23. The van der Waals surface area contributed by atoms with Crippen LogP contribution in [0.1, 0.15) is 0 Å². The monoisotopic (exact) mass is 613 g/mol. The van der Waals surface area contributed by atoms with E-state index in [0.29, 0.717) is 0 Å². The summed E-state index contributed by atoms with van der Waals surface area (Å²) in [6.45, 7) is 0. The molecule has 0 fully saturated rings. The van der Waals surface area contributed by atoms with Crippen molar-refractivity contribution in [3.8, 4) is 56.3 Å². The first-order valence-electron chi connectivity index (χ1n) is 15.9. The molecule has 224 valence electrons. The Labute approximate surface area is 277 Å². The molecule has 5 heteroatoms. The van der Waals surface area contributed by atoms with Crippen molar-refractivity contribution in [2.24, 2.45) is 0 Å². The van der Waals surface area contributed by atoms with Crippen molar-refractivity contribution in [2.45, 2.75) is 0 Å². The van der Waals surface area contributed by atoms with E-state index in [2.05, 4.69) is 88.8 Å². The normalized spacial score (nSPS) is 11.3. The lowest BCUT2D eigenvalue weighted by molar-refractivity contribution is 1.27. The number of benzene rings is 4. The number of fused-ring (bicyclic) bond motifs is 4. The minimum absolute atomic E-state index is 0.790. The van der Waals surface area contributed by atoms with Crippen molar-refractivity contribution in [3.05, 3.63) is 164 Å². The van der Waals surface area contributed by atoms with Crippen LogP contribution in [0.15, 0.2) is 164 Å². The number of para-hydroxylation sites is 1. The minimum Gasteiger partial charge on any atom is -0.256 e. The molecule has 0 saturated heterocycles. The number of rotatable bonds is 5. The maximum atomic E-state index is 5.24. The van der Waals surface area contributed by atoms with Crippen molar-refractivity contribution in [1.29, 1.82) is 0 Å². The third-order valence-corrected chi connectivity index (χ3v) is 8.73. The fraction of sp³-hybridized carbons (Fsp3) is 0. The van der Waals surface area contributed by atoms with Crippen molar-refractivity contribution >= 4 is 32.7 Å². The molecule has 9 rings (SSSR count). The molecule has 4 aromatic carbocycles. The average Bonchev–Trinajstić information content (AvgIpc) is 3.17. The van der Waals surface area contributed by atoms with Gasteiger partial charge in [-0.3, -0.25) is 9.97 Å². The summed E-state index contributed by atoms with van der Waals surface area (Å²) in [6, 6.07) is 51.8. The van der Waals surface area contributed by atoms with Crippen molar-refractivity contribution in [1.82, 2.24) is 24.9 Å². The van der Waals surface area contributed by atoms with Gasteiger partial charge < -0.3 is 0 Å². The lowest BCUT2D eigenvalue weighted by Crippen LogP contribution is -1.95. The lowest BCUT2D eigenvalue weighted by atomic mass is 9.95. The molecule has 0 aliphatic heterocycles. The van der Waals surface area contributed by atoms with Crippen LogP contribution in [0, 0.1) is 0 Å². The fourth-order valence-electron chi connectivity index (χ4n) is 6.47. The topological polar surface area (TPSA) is 64.5 Å². The maximum Gasteiger partial charge on any atom is 0.0978 e. The van der Waals surface area contributed by atoms with Crippen LogP contribution in [0.3, 0.4) is 0 Å². The lowest BCUT2D eigenvalue weighted by Gasteiger charge is -2.13. The molecular weight excluding hydrogens is 587 g/mol. The first-order valence-corrected chi connectivity index (χ1v) is 15.9. The second-order valence-electron chi connectivity index (χ2n) is 11.7. The zero-order chi connectivity index (χ0) is 31.9. The Balaban J connectivity index is 1.21. The predicted molar refractivity (Wildman–Crippen MR) is 195 cm³/mol. The van der Waals surface area contributed by atoms with Crippen molar-refractivity contribution in [3.63, 3.8) is 0 Å². The van der Waals surface area contributed by atoms with Crippen LogP contribution in [-0.2, 0) is 0 Å². The van der Waals surface area contributed by atoms with Gasteiger partial charge in [0.25, 0.3) is 0 Å². The first-order chi connectivity index (χ1) is 23.8. The Hall–Kier alpha value is -6.59. The van der Waals surface area contributed by atoms with Crippen LogP contribution in [0.5, 0.6) is 0 Å². The molecule has 0 saturated carbocycles. The van der Waals surface area contributed by atoms with E-state index in [-0.39, 0.29) is 0 Å². The van der Waals surface area contributed by atoms with E-state index in [1.54, 1.807) is 0 Å². The zero-order valence-electron chi connectivity index (χ0n) is 25.8. The Bertz CT molecular complexity index is 2550. The molecule has 0 unspecified atom stereocenters. The molecule has 0 amide bonds. The molecule has 0 spiro atoms. The van der Waals surface area contributed by atoms with Gasteiger partial charge in [-0.15, -0.1) is 0 Å². The molecule has 0 aliphatic rings. The maximum absolute atomic E-state index is 5.24. The highest BCUT2D eigenvalue weighted by Crippen LogP contribution is 2.38. The van der Waals surface area contributed by atoms with Crippen LogP contribution in [-0.4, -0.2) is 24.9 Å². The molecule has 5 heterocycles. The van der Waals surface area contributed by atoms with Crippen LogP contribution >= 0.6 is 0 Å². The highest BCUT2D eigenvalue weighted by molar-refractivity contribution is 6.16. The second kappa shape index (κ2) is 11.6.